The van der Waals surface area contributed by atoms with Crippen molar-refractivity contribution in [2.24, 2.45) is 0 Å². The number of aliphatic hydroxyl groups is 3. The topological polar surface area (TPSA) is 113 Å². The van der Waals surface area contributed by atoms with Crippen LogP contribution in [0.5, 0.6) is 11.5 Å². The number of carbonyl (C=O) groups is 1. The SMILES string of the molecule is CC(C)(CCO)c1cc2cc(NC(=O)C3(c4ccc5c(c4)OC(F)(F)O5)CC3)c(F)cc2n1C[C@@H](O)CO.[HH]. The van der Waals surface area contributed by atoms with E-state index < -0.39 is 41.6 Å². The first-order valence-electron chi connectivity index (χ1n) is 12.3. The van der Waals surface area contributed by atoms with Crippen molar-refractivity contribution in [3.8, 4) is 11.5 Å². The van der Waals surface area contributed by atoms with Crippen LogP contribution in [0, 0.1) is 5.82 Å². The van der Waals surface area contributed by atoms with Crippen LogP contribution >= 0.6 is 0 Å². The predicted molar refractivity (Wildman–Crippen MR) is 134 cm³/mol. The van der Waals surface area contributed by atoms with E-state index in [0.717, 1.165) is 5.69 Å². The Balaban J connectivity index is 0.00000353. The number of fused-ring (bicyclic) bond motifs is 2. The summed E-state index contributed by atoms with van der Waals surface area (Å²) < 4.78 is 52.8. The zero-order valence-corrected chi connectivity index (χ0v) is 20.9. The lowest BCUT2D eigenvalue weighted by Crippen LogP contribution is -2.28. The number of hydrogen-bond donors (Lipinski definition) is 4. The Morgan fingerprint density at radius 2 is 1.87 bits per heavy atom. The molecule has 3 aromatic rings. The summed E-state index contributed by atoms with van der Waals surface area (Å²) in [4.78, 5) is 13.3. The molecule has 0 radical (unpaired) electrons. The molecule has 4 N–H and O–H groups in total. The van der Waals surface area contributed by atoms with Crippen LogP contribution in [0.1, 0.15) is 45.8 Å². The van der Waals surface area contributed by atoms with Crippen molar-refractivity contribution in [1.29, 1.82) is 0 Å². The molecule has 1 atom stereocenters. The number of carbonyl (C=O) groups excluding carboxylic acids is 1. The summed E-state index contributed by atoms with van der Waals surface area (Å²) in [5.41, 5.74) is 0.0703. The lowest BCUT2D eigenvalue weighted by atomic mass is 9.85. The number of hydrogen-bond acceptors (Lipinski definition) is 6. The summed E-state index contributed by atoms with van der Waals surface area (Å²) in [6, 6.07) is 8.77. The largest absolute Gasteiger partial charge is 0.586 e. The predicted octanol–water partition coefficient (Wildman–Crippen LogP) is 4.03. The van der Waals surface area contributed by atoms with E-state index in [1.165, 1.54) is 30.3 Å². The average molecular weight is 537 g/mol. The number of ether oxygens (including phenoxy) is 2. The first-order chi connectivity index (χ1) is 17.9. The van der Waals surface area contributed by atoms with Gasteiger partial charge in [-0.05, 0) is 49.1 Å². The summed E-state index contributed by atoms with van der Waals surface area (Å²) in [5, 5.41) is 32.3. The Morgan fingerprint density at radius 1 is 1.16 bits per heavy atom. The van der Waals surface area contributed by atoms with Gasteiger partial charge < -0.3 is 34.7 Å². The molecular formula is C27H31F3N2O6. The molecule has 2 heterocycles. The zero-order valence-electron chi connectivity index (χ0n) is 20.9. The number of alkyl halides is 2. The van der Waals surface area contributed by atoms with Crippen LogP contribution in [0.15, 0.2) is 36.4 Å². The minimum Gasteiger partial charge on any atom is -0.396 e. The van der Waals surface area contributed by atoms with Crippen LogP contribution in [0.25, 0.3) is 10.9 Å². The Labute approximate surface area is 218 Å². The summed E-state index contributed by atoms with van der Waals surface area (Å²) in [6.45, 7) is 3.29. The summed E-state index contributed by atoms with van der Waals surface area (Å²) >= 11 is 0. The molecule has 1 aliphatic heterocycles. The number of benzene rings is 2. The number of aromatic nitrogens is 1. The van der Waals surface area contributed by atoms with E-state index in [2.05, 4.69) is 14.8 Å². The van der Waals surface area contributed by atoms with Gasteiger partial charge in [0.2, 0.25) is 5.91 Å². The van der Waals surface area contributed by atoms with Crippen molar-refractivity contribution in [3.05, 3.63) is 53.5 Å². The maximum Gasteiger partial charge on any atom is 0.586 e. The van der Waals surface area contributed by atoms with Crippen molar-refractivity contribution in [2.75, 3.05) is 18.5 Å². The number of rotatable bonds is 9. The van der Waals surface area contributed by atoms with Gasteiger partial charge in [0.15, 0.2) is 11.5 Å². The van der Waals surface area contributed by atoms with Gasteiger partial charge in [0.05, 0.1) is 35.9 Å². The number of amides is 1. The van der Waals surface area contributed by atoms with E-state index in [-0.39, 0.29) is 31.8 Å². The summed E-state index contributed by atoms with van der Waals surface area (Å²) in [7, 11) is 0. The standard InChI is InChI=1S/C27H29F3N2O6.H2/c1-25(2,7-8-33)23-10-15-9-19(18(28)12-20(15)32(23)13-17(35)14-34)31-24(36)26(5-6-26)16-3-4-21-22(11-16)38-27(29,30)37-21;/h3-4,9-12,17,33-35H,5-8,13-14H2,1-2H3,(H,31,36);1H/t17-;/m1./s1. The summed E-state index contributed by atoms with van der Waals surface area (Å²) in [5.74, 6) is -1.46. The van der Waals surface area contributed by atoms with Crippen LogP contribution < -0.4 is 14.8 Å². The minimum atomic E-state index is -3.77. The molecule has 2 aliphatic rings. The fraction of sp³-hybridized carbons (Fsp3) is 0.444. The molecule has 1 aliphatic carbocycles. The molecule has 0 saturated heterocycles. The van der Waals surface area contributed by atoms with Crippen LogP contribution in [0.4, 0.5) is 18.9 Å². The van der Waals surface area contributed by atoms with Crippen LogP contribution in [-0.4, -0.2) is 51.4 Å². The van der Waals surface area contributed by atoms with E-state index in [0.29, 0.717) is 35.7 Å². The highest BCUT2D eigenvalue weighted by Gasteiger charge is 2.53. The van der Waals surface area contributed by atoms with Crippen LogP contribution in [0.3, 0.4) is 0 Å². The van der Waals surface area contributed by atoms with E-state index >= 15 is 4.39 Å². The molecule has 1 aromatic heterocycles. The van der Waals surface area contributed by atoms with Crippen molar-refractivity contribution in [3.63, 3.8) is 0 Å². The lowest BCUT2D eigenvalue weighted by Gasteiger charge is -2.27. The van der Waals surface area contributed by atoms with Gasteiger partial charge in [-0.3, -0.25) is 4.79 Å². The highest BCUT2D eigenvalue weighted by molar-refractivity contribution is 6.02. The van der Waals surface area contributed by atoms with E-state index in [1.54, 1.807) is 4.57 Å². The monoisotopic (exact) mass is 536 g/mol. The Bertz CT molecular complexity index is 1410. The quantitative estimate of drug-likeness (QED) is 0.329. The fourth-order valence-corrected chi connectivity index (χ4v) is 5.07. The van der Waals surface area contributed by atoms with Gasteiger partial charge in [0.1, 0.15) is 5.82 Å². The van der Waals surface area contributed by atoms with Gasteiger partial charge in [0, 0.05) is 30.6 Å². The number of halogens is 3. The van der Waals surface area contributed by atoms with Gasteiger partial charge >= 0.3 is 6.29 Å². The molecule has 1 saturated carbocycles. The van der Waals surface area contributed by atoms with E-state index in [1.807, 2.05) is 19.9 Å². The third-order valence-corrected chi connectivity index (χ3v) is 7.41. The van der Waals surface area contributed by atoms with E-state index in [9.17, 15) is 28.9 Å². The van der Waals surface area contributed by atoms with E-state index in [4.69, 9.17) is 0 Å². The molecule has 0 unspecified atom stereocenters. The molecule has 1 amide bonds. The second-order valence-electron chi connectivity index (χ2n) is 10.6. The third kappa shape index (κ3) is 4.59. The molecular weight excluding hydrogens is 505 g/mol. The first kappa shape index (κ1) is 26.3. The van der Waals surface area contributed by atoms with Crippen LogP contribution in [-0.2, 0) is 22.2 Å². The smallest absolute Gasteiger partial charge is 0.396 e. The number of nitrogens with zero attached hydrogens (tertiary/aromatic N) is 1. The Kier molecular flexibility index (Phi) is 6.36. The summed E-state index contributed by atoms with van der Waals surface area (Å²) in [6.07, 6.45) is -3.53. The average Bonchev–Trinajstić information content (AvgIpc) is 3.50. The van der Waals surface area contributed by atoms with Gasteiger partial charge in [-0.2, -0.15) is 0 Å². The third-order valence-electron chi connectivity index (χ3n) is 7.41. The highest BCUT2D eigenvalue weighted by Crippen LogP contribution is 2.52. The van der Waals surface area contributed by atoms with Gasteiger partial charge in [0.25, 0.3) is 0 Å². The second kappa shape index (κ2) is 9.18. The molecule has 0 spiro atoms. The van der Waals surface area contributed by atoms with Crippen molar-refractivity contribution in [1.82, 2.24) is 4.57 Å². The van der Waals surface area contributed by atoms with Crippen molar-refractivity contribution in [2.45, 2.75) is 62.9 Å². The maximum absolute atomic E-state index is 15.3. The maximum atomic E-state index is 15.3. The van der Waals surface area contributed by atoms with Gasteiger partial charge in [-0.15, -0.1) is 8.78 Å². The number of anilines is 1. The van der Waals surface area contributed by atoms with Gasteiger partial charge in [-0.1, -0.05) is 19.9 Å². The highest BCUT2D eigenvalue weighted by atomic mass is 19.3. The minimum absolute atomic E-state index is 0. The molecule has 38 heavy (non-hydrogen) atoms. The van der Waals surface area contributed by atoms with Crippen molar-refractivity contribution < 1.29 is 44.2 Å². The Morgan fingerprint density at radius 3 is 2.53 bits per heavy atom. The van der Waals surface area contributed by atoms with Crippen LogP contribution in [0.2, 0.25) is 0 Å². The fourth-order valence-electron chi connectivity index (χ4n) is 5.07. The molecule has 5 rings (SSSR count). The lowest BCUT2D eigenvalue weighted by molar-refractivity contribution is -0.286. The second-order valence-corrected chi connectivity index (χ2v) is 10.6. The molecule has 8 nitrogen and oxygen atoms in total. The zero-order chi connectivity index (χ0) is 27.5. The molecule has 11 heteroatoms. The Hall–Kier alpha value is -3.28. The normalized spacial score (nSPS) is 18.0. The number of aliphatic hydroxyl groups excluding tert-OH is 3. The molecule has 206 valence electrons. The van der Waals surface area contributed by atoms with Crippen molar-refractivity contribution >= 4 is 22.5 Å². The molecule has 0 bridgehead atoms. The number of nitrogens with one attached hydrogen (secondary N) is 1. The molecule has 2 aromatic carbocycles. The first-order valence-corrected chi connectivity index (χ1v) is 12.3. The molecule has 1 fully saturated rings. The van der Waals surface area contributed by atoms with Gasteiger partial charge in [-0.25, -0.2) is 4.39 Å².